The van der Waals surface area contributed by atoms with Gasteiger partial charge in [-0.3, -0.25) is 19.8 Å². The van der Waals surface area contributed by atoms with Gasteiger partial charge in [0.25, 0.3) is 0 Å². The minimum Gasteiger partial charge on any atom is -0.348 e. The molecule has 6 rings (SSSR count). The van der Waals surface area contributed by atoms with E-state index in [0.717, 1.165) is 89.0 Å². The number of likely N-dealkylation sites (tertiary alicyclic amines) is 1. The molecule has 11 heteroatoms. The third-order valence-electron chi connectivity index (χ3n) is 8.13. The van der Waals surface area contributed by atoms with Gasteiger partial charge < -0.3 is 10.2 Å². The van der Waals surface area contributed by atoms with Gasteiger partial charge in [0.2, 0.25) is 5.91 Å². The number of aromatic amines is 1. The number of carbonyl (C=O) groups excluding carboxylic acids is 1. The largest absolute Gasteiger partial charge is 0.348 e. The number of nitrogens with one attached hydrogen (secondary N) is 2. The predicted molar refractivity (Wildman–Crippen MR) is 170 cm³/mol. The number of benzene rings is 1. The molecule has 0 radical (unpaired) electrons. The summed E-state index contributed by atoms with van der Waals surface area (Å²) in [6.07, 6.45) is 8.65. The van der Waals surface area contributed by atoms with Crippen molar-refractivity contribution in [2.24, 2.45) is 5.92 Å². The molecule has 8 nitrogen and oxygen atoms in total. The molecule has 2 fully saturated rings. The lowest BCUT2D eigenvalue weighted by molar-refractivity contribution is -0.118. The number of thioether (sulfide) groups is 1. The number of nitrogens with zero attached hydrogens (tertiary/aromatic N) is 5. The molecule has 1 atom stereocenters. The van der Waals surface area contributed by atoms with Gasteiger partial charge >= 0.3 is 0 Å². The monoisotopic (exact) mass is 591 g/mol. The molecule has 2 saturated heterocycles. The zero-order valence-electron chi connectivity index (χ0n) is 22.7. The average molecular weight is 592 g/mol. The fraction of sp³-hybridized carbons (Fsp3) is 0.414. The molecule has 5 heterocycles. The van der Waals surface area contributed by atoms with Crippen molar-refractivity contribution in [2.45, 2.75) is 30.9 Å². The van der Waals surface area contributed by atoms with Crippen LogP contribution in [-0.2, 0) is 4.79 Å². The van der Waals surface area contributed by atoms with E-state index < -0.39 is 4.75 Å². The molecular weight excluding hydrogens is 559 g/mol. The second-order valence-electron chi connectivity index (χ2n) is 10.7. The molecule has 3 aromatic heterocycles. The van der Waals surface area contributed by atoms with E-state index >= 15 is 0 Å². The number of H-pyrrole nitrogens is 1. The Bertz CT molecular complexity index is 1510. The number of hydrogen-bond donors (Lipinski definition) is 2. The first-order chi connectivity index (χ1) is 19.4. The maximum Gasteiger partial charge on any atom is 0.241 e. The summed E-state index contributed by atoms with van der Waals surface area (Å²) in [6.45, 7) is 6.32. The van der Waals surface area contributed by atoms with Gasteiger partial charge in [0, 0.05) is 77.7 Å². The second kappa shape index (κ2) is 11.6. The molecule has 208 valence electrons. The minimum atomic E-state index is -0.500. The Hall–Kier alpha value is -2.86. The van der Waals surface area contributed by atoms with Crippen molar-refractivity contribution < 1.29 is 4.79 Å². The first kappa shape index (κ1) is 27.3. The van der Waals surface area contributed by atoms with E-state index in [2.05, 4.69) is 35.3 Å². The zero-order chi connectivity index (χ0) is 27.7. The number of rotatable bonds is 8. The van der Waals surface area contributed by atoms with E-state index in [4.69, 9.17) is 12.2 Å². The summed E-state index contributed by atoms with van der Waals surface area (Å²) in [7, 11) is 0. The molecule has 40 heavy (non-hydrogen) atoms. The number of aryl methyl sites for hydroxylation is 1. The number of thiazole rings is 1. The number of aromatic nitrogens is 4. The molecule has 0 saturated carbocycles. The van der Waals surface area contributed by atoms with Crippen molar-refractivity contribution in [2.75, 3.05) is 49.2 Å². The number of amides is 1. The number of fused-ring (bicyclic) bond motifs is 1. The van der Waals surface area contributed by atoms with Crippen molar-refractivity contribution >= 4 is 67.8 Å². The minimum absolute atomic E-state index is 0.0503. The van der Waals surface area contributed by atoms with E-state index in [1.165, 1.54) is 0 Å². The van der Waals surface area contributed by atoms with Crippen LogP contribution < -0.4 is 10.2 Å². The second-order valence-corrected chi connectivity index (χ2v) is 13.3. The third kappa shape index (κ3) is 5.52. The van der Waals surface area contributed by atoms with Crippen LogP contribution in [0.4, 0.5) is 10.8 Å². The molecule has 1 aromatic carbocycles. The lowest BCUT2D eigenvalue weighted by atomic mass is 9.93. The smallest absolute Gasteiger partial charge is 0.241 e. The maximum absolute atomic E-state index is 13.7. The van der Waals surface area contributed by atoms with E-state index in [9.17, 15) is 4.79 Å². The van der Waals surface area contributed by atoms with Gasteiger partial charge in [-0.25, -0.2) is 4.98 Å². The molecule has 2 aliphatic rings. The first-order valence-corrected chi connectivity index (χ1v) is 16.1. The van der Waals surface area contributed by atoms with Crippen molar-refractivity contribution in [3.8, 4) is 11.3 Å². The highest BCUT2D eigenvalue weighted by Crippen LogP contribution is 2.36. The molecule has 2 N–H and O–H groups in total. The Balaban J connectivity index is 1.09. The van der Waals surface area contributed by atoms with Crippen LogP contribution in [0.3, 0.4) is 0 Å². The normalized spacial score (nSPS) is 20.3. The zero-order valence-corrected chi connectivity index (χ0v) is 25.2. The molecule has 0 aliphatic carbocycles. The van der Waals surface area contributed by atoms with Crippen molar-refractivity contribution in [1.29, 1.82) is 0 Å². The predicted octanol–water partition coefficient (Wildman–Crippen LogP) is 5.42. The third-order valence-corrected chi connectivity index (χ3v) is 10.7. The van der Waals surface area contributed by atoms with Crippen molar-refractivity contribution in [1.82, 2.24) is 25.1 Å². The van der Waals surface area contributed by atoms with Crippen LogP contribution in [-0.4, -0.2) is 79.6 Å². The summed E-state index contributed by atoms with van der Waals surface area (Å²) in [6, 6.07) is 9.90. The molecule has 0 unspecified atom stereocenters. The molecule has 0 spiro atoms. The Morgan fingerprint density at radius 3 is 2.80 bits per heavy atom. The standard InChI is InChI=1S/C29H33N7OS3/c1-19-15-21(5-9-30-19)26-23-16-22(3-4-24(23)33-34-26)32-27(37)29(39-2)8-13-35(18-29)17-25(38)20-6-11-36(12-7-20)28-31-10-14-40-28/h3-5,9-10,14-16,20H,6-8,11-13,17-18H2,1-2H3,(H,32,37)(H,33,34)/t29-/m0/s1. The molecule has 0 bridgehead atoms. The highest BCUT2D eigenvalue weighted by molar-refractivity contribution is 8.00. The lowest BCUT2D eigenvalue weighted by Gasteiger charge is -2.33. The van der Waals surface area contributed by atoms with Gasteiger partial charge in [-0.05, 0) is 68.7 Å². The van der Waals surface area contributed by atoms with Gasteiger partial charge in [-0.2, -0.15) is 5.10 Å². The van der Waals surface area contributed by atoms with Crippen LogP contribution in [0.15, 0.2) is 48.1 Å². The molecule has 1 amide bonds. The van der Waals surface area contributed by atoms with E-state index in [0.29, 0.717) is 12.5 Å². The summed E-state index contributed by atoms with van der Waals surface area (Å²) in [5.41, 5.74) is 4.50. The fourth-order valence-corrected chi connectivity index (χ4v) is 7.76. The van der Waals surface area contributed by atoms with E-state index in [-0.39, 0.29) is 5.91 Å². The number of piperidine rings is 1. The molecule has 4 aromatic rings. The van der Waals surface area contributed by atoms with Crippen LogP contribution in [0.2, 0.25) is 0 Å². The average Bonchev–Trinajstić information content (AvgIpc) is 3.73. The number of carbonyl (C=O) groups is 1. The lowest BCUT2D eigenvalue weighted by Crippen LogP contribution is -2.44. The number of thiocarbonyl (C=S) groups is 1. The van der Waals surface area contributed by atoms with Crippen molar-refractivity contribution in [3.63, 3.8) is 0 Å². The van der Waals surface area contributed by atoms with E-state index in [1.807, 2.05) is 55.1 Å². The maximum atomic E-state index is 13.7. The quantitative estimate of drug-likeness (QED) is 0.263. The van der Waals surface area contributed by atoms with Gasteiger partial charge in [-0.15, -0.1) is 23.1 Å². The summed E-state index contributed by atoms with van der Waals surface area (Å²) in [5.74, 6) is 0.499. The van der Waals surface area contributed by atoms with Gasteiger partial charge in [0.05, 0.1) is 5.52 Å². The summed E-state index contributed by atoms with van der Waals surface area (Å²) >= 11 is 9.28. The van der Waals surface area contributed by atoms with Gasteiger partial charge in [0.15, 0.2) is 5.13 Å². The Morgan fingerprint density at radius 2 is 2.05 bits per heavy atom. The SMILES string of the molecule is CS[C@@]1(C(=O)Nc2ccc3[nH]nc(-c4ccnc(C)c4)c3c2)CCN(CC(=S)C2CCN(c3nccs3)CC2)C1. The van der Waals surface area contributed by atoms with Gasteiger partial charge in [0.1, 0.15) is 10.4 Å². The Morgan fingerprint density at radius 1 is 1.20 bits per heavy atom. The summed E-state index contributed by atoms with van der Waals surface area (Å²) < 4.78 is -0.500. The van der Waals surface area contributed by atoms with Crippen molar-refractivity contribution in [3.05, 3.63) is 53.8 Å². The Labute approximate surface area is 248 Å². The summed E-state index contributed by atoms with van der Waals surface area (Å²) in [5, 5.41) is 15.0. The topological polar surface area (TPSA) is 90.0 Å². The number of hydrogen-bond acceptors (Lipinski definition) is 9. The van der Waals surface area contributed by atoms with Crippen LogP contribution in [0.1, 0.15) is 25.0 Å². The van der Waals surface area contributed by atoms with Crippen LogP contribution >= 0.6 is 35.3 Å². The van der Waals surface area contributed by atoms with Crippen LogP contribution in [0, 0.1) is 12.8 Å². The highest BCUT2D eigenvalue weighted by Gasteiger charge is 2.44. The number of anilines is 2. The Kier molecular flexibility index (Phi) is 7.89. The highest BCUT2D eigenvalue weighted by atomic mass is 32.2. The fourth-order valence-electron chi connectivity index (χ4n) is 5.80. The van der Waals surface area contributed by atoms with E-state index in [1.54, 1.807) is 29.3 Å². The van der Waals surface area contributed by atoms with Crippen LogP contribution in [0.5, 0.6) is 0 Å². The van der Waals surface area contributed by atoms with Gasteiger partial charge in [-0.1, -0.05) is 12.2 Å². The number of pyridine rings is 1. The summed E-state index contributed by atoms with van der Waals surface area (Å²) in [4.78, 5) is 28.3. The van der Waals surface area contributed by atoms with Crippen LogP contribution in [0.25, 0.3) is 22.2 Å². The first-order valence-electron chi connectivity index (χ1n) is 13.6. The molecular formula is C29H33N7OS3. The molecule has 2 aliphatic heterocycles.